The van der Waals surface area contributed by atoms with E-state index >= 15 is 0 Å². The number of H-pyrrole nitrogens is 2. The summed E-state index contributed by atoms with van der Waals surface area (Å²) < 4.78 is 7.67. The van der Waals surface area contributed by atoms with Gasteiger partial charge in [0.15, 0.2) is 5.65 Å². The van der Waals surface area contributed by atoms with E-state index in [9.17, 15) is 4.79 Å². The van der Waals surface area contributed by atoms with Crippen LogP contribution < -0.4 is 26.4 Å². The van der Waals surface area contributed by atoms with Gasteiger partial charge in [-0.25, -0.2) is 4.79 Å². The van der Waals surface area contributed by atoms with Gasteiger partial charge >= 0.3 is 5.69 Å². The van der Waals surface area contributed by atoms with E-state index in [4.69, 9.17) is 16.3 Å². The van der Waals surface area contributed by atoms with Gasteiger partial charge in [0.1, 0.15) is 11.6 Å². The van der Waals surface area contributed by atoms with Crippen molar-refractivity contribution in [2.24, 2.45) is 0 Å². The maximum absolute atomic E-state index is 11.5. The molecular formula is C20H17ClN6O2. The molecular weight excluding hydrogens is 392 g/mol. The van der Waals surface area contributed by atoms with Crippen LogP contribution >= 0.6 is 11.6 Å². The summed E-state index contributed by atoms with van der Waals surface area (Å²) in [5, 5.41) is 9.56. The third-order valence-electron chi connectivity index (χ3n) is 4.56. The molecule has 0 atom stereocenters. The molecule has 3 aromatic heterocycles. The minimum Gasteiger partial charge on any atom is -0.439 e. The molecule has 0 saturated heterocycles. The maximum Gasteiger partial charge on any atom is 0.323 e. The number of ether oxygens (including phenoxy) is 1. The van der Waals surface area contributed by atoms with E-state index in [0.717, 1.165) is 24.2 Å². The Morgan fingerprint density at radius 2 is 2.17 bits per heavy atom. The van der Waals surface area contributed by atoms with Crippen LogP contribution in [0.25, 0.3) is 18.3 Å². The molecule has 29 heavy (non-hydrogen) atoms. The van der Waals surface area contributed by atoms with Gasteiger partial charge in [0, 0.05) is 22.7 Å². The average Bonchev–Trinajstić information content (AvgIpc) is 3.31. The number of hydrogen-bond donors (Lipinski definition) is 3. The standard InChI is InChI=1S/C20H17ClN6O2/c1-11-16(25-20(28)23-11)7-12-10-22-27-17(24-14-5-6-14)9-18(26-19(12)27)29-15-4-2-3-13(21)8-15/h2-4,7-10,14,24H,1,5-6H2,(H2,23,25,28)/b16-7-. The van der Waals surface area contributed by atoms with Crippen LogP contribution in [0.3, 0.4) is 0 Å². The quantitative estimate of drug-likeness (QED) is 0.469. The molecule has 0 amide bonds. The van der Waals surface area contributed by atoms with Crippen LogP contribution in [0.15, 0.2) is 41.3 Å². The van der Waals surface area contributed by atoms with Crippen molar-refractivity contribution in [1.29, 1.82) is 0 Å². The third kappa shape index (κ3) is 3.62. The monoisotopic (exact) mass is 408 g/mol. The Bertz CT molecular complexity index is 1380. The van der Waals surface area contributed by atoms with Crippen molar-refractivity contribution in [2.75, 3.05) is 5.32 Å². The van der Waals surface area contributed by atoms with Crippen molar-refractivity contribution in [1.82, 2.24) is 24.6 Å². The number of halogens is 1. The lowest BCUT2D eigenvalue weighted by atomic mass is 10.3. The molecule has 3 N–H and O–H groups in total. The van der Waals surface area contributed by atoms with E-state index < -0.39 is 0 Å². The second kappa shape index (κ2) is 6.82. The van der Waals surface area contributed by atoms with Crippen LogP contribution in [0.4, 0.5) is 5.82 Å². The second-order valence-corrected chi connectivity index (χ2v) is 7.35. The minimum atomic E-state index is -0.313. The maximum atomic E-state index is 11.5. The summed E-state index contributed by atoms with van der Waals surface area (Å²) in [6, 6.07) is 9.37. The predicted molar refractivity (Wildman–Crippen MR) is 111 cm³/mol. The van der Waals surface area contributed by atoms with E-state index in [1.165, 1.54) is 0 Å². The summed E-state index contributed by atoms with van der Waals surface area (Å²) in [5.41, 5.74) is 1.00. The zero-order chi connectivity index (χ0) is 20.0. The molecule has 1 saturated carbocycles. The van der Waals surface area contributed by atoms with Crippen LogP contribution in [0.1, 0.15) is 18.4 Å². The molecule has 0 bridgehead atoms. The highest BCUT2D eigenvalue weighted by Gasteiger charge is 2.23. The fourth-order valence-corrected chi connectivity index (χ4v) is 3.19. The first-order valence-electron chi connectivity index (χ1n) is 9.13. The Kier molecular flexibility index (Phi) is 4.13. The lowest BCUT2D eigenvalue weighted by Gasteiger charge is -2.11. The number of aromatic nitrogens is 5. The number of nitrogens with zero attached hydrogens (tertiary/aromatic N) is 3. The van der Waals surface area contributed by atoms with Crippen LogP contribution in [-0.4, -0.2) is 30.6 Å². The number of benzene rings is 1. The van der Waals surface area contributed by atoms with Gasteiger partial charge in [0.2, 0.25) is 5.88 Å². The average molecular weight is 409 g/mol. The molecule has 1 aliphatic carbocycles. The highest BCUT2D eigenvalue weighted by molar-refractivity contribution is 6.30. The van der Waals surface area contributed by atoms with Gasteiger partial charge in [-0.15, -0.1) is 0 Å². The van der Waals surface area contributed by atoms with Crippen molar-refractivity contribution in [3.63, 3.8) is 0 Å². The first-order valence-corrected chi connectivity index (χ1v) is 9.51. The van der Waals surface area contributed by atoms with Gasteiger partial charge in [0.25, 0.3) is 0 Å². The molecule has 9 heteroatoms. The van der Waals surface area contributed by atoms with Gasteiger partial charge in [0.05, 0.1) is 16.9 Å². The smallest absolute Gasteiger partial charge is 0.323 e. The van der Waals surface area contributed by atoms with E-state index in [1.807, 2.05) is 18.2 Å². The lowest BCUT2D eigenvalue weighted by molar-refractivity contribution is 0.463. The van der Waals surface area contributed by atoms with Crippen molar-refractivity contribution < 1.29 is 4.74 Å². The summed E-state index contributed by atoms with van der Waals surface area (Å²) in [4.78, 5) is 21.5. The summed E-state index contributed by atoms with van der Waals surface area (Å²) in [6.07, 6.45) is 5.70. The van der Waals surface area contributed by atoms with Gasteiger partial charge in [-0.2, -0.15) is 14.6 Å². The first kappa shape index (κ1) is 17.6. The van der Waals surface area contributed by atoms with Crippen LogP contribution in [0.2, 0.25) is 5.02 Å². The van der Waals surface area contributed by atoms with E-state index in [-0.39, 0.29) is 5.69 Å². The second-order valence-electron chi connectivity index (χ2n) is 6.91. The summed E-state index contributed by atoms with van der Waals surface area (Å²) in [7, 11) is 0. The number of hydrogen-bond acceptors (Lipinski definition) is 5. The normalized spacial score (nSPS) is 14.4. The predicted octanol–water partition coefficient (Wildman–Crippen LogP) is 2.00. The highest BCUT2D eigenvalue weighted by atomic mass is 35.5. The molecule has 0 aliphatic heterocycles. The third-order valence-corrected chi connectivity index (χ3v) is 4.80. The summed E-state index contributed by atoms with van der Waals surface area (Å²) in [6.45, 7) is 3.83. The molecule has 1 aromatic carbocycles. The number of imidazole rings is 1. The largest absolute Gasteiger partial charge is 0.439 e. The fourth-order valence-electron chi connectivity index (χ4n) is 3.01. The van der Waals surface area contributed by atoms with Gasteiger partial charge < -0.3 is 20.0 Å². The molecule has 0 spiro atoms. The minimum absolute atomic E-state index is 0.313. The number of anilines is 1. The Balaban J connectivity index is 1.64. The Morgan fingerprint density at radius 1 is 1.31 bits per heavy atom. The molecule has 1 aliphatic rings. The zero-order valence-electron chi connectivity index (χ0n) is 15.3. The SMILES string of the molecule is C=c1[nH]c(=O)[nH]/c1=C\c1cnn2c(NC3CC3)cc(Oc3cccc(Cl)c3)nc12. The number of rotatable bonds is 5. The first-order chi connectivity index (χ1) is 14.0. The number of fused-ring (bicyclic) bond motifs is 1. The van der Waals surface area contributed by atoms with Gasteiger partial charge in [-0.1, -0.05) is 24.2 Å². The molecule has 1 fully saturated rings. The van der Waals surface area contributed by atoms with E-state index in [2.05, 4.69) is 31.9 Å². The molecule has 8 nitrogen and oxygen atoms in total. The number of nitrogens with one attached hydrogen (secondary N) is 3. The summed E-state index contributed by atoms with van der Waals surface area (Å²) in [5.74, 6) is 1.79. The Labute approximate surface area is 169 Å². The molecule has 146 valence electrons. The van der Waals surface area contributed by atoms with Crippen LogP contribution in [0, 0.1) is 0 Å². The van der Waals surface area contributed by atoms with Gasteiger partial charge in [-0.05, 0) is 37.1 Å². The van der Waals surface area contributed by atoms with Crippen LogP contribution in [0.5, 0.6) is 11.6 Å². The molecule has 5 rings (SSSR count). The van der Waals surface area contributed by atoms with Gasteiger partial charge in [-0.3, -0.25) is 0 Å². The van der Waals surface area contributed by atoms with E-state index in [0.29, 0.717) is 39.0 Å². The summed E-state index contributed by atoms with van der Waals surface area (Å²) >= 11 is 6.06. The van der Waals surface area contributed by atoms with Crippen molar-refractivity contribution in [3.8, 4) is 11.6 Å². The van der Waals surface area contributed by atoms with Crippen LogP contribution in [-0.2, 0) is 0 Å². The topological polar surface area (TPSA) is 100 Å². The van der Waals surface area contributed by atoms with Crippen molar-refractivity contribution in [3.05, 3.63) is 68.3 Å². The van der Waals surface area contributed by atoms with E-state index in [1.54, 1.807) is 28.9 Å². The fraction of sp³-hybridized carbons (Fsp3) is 0.150. The van der Waals surface area contributed by atoms with Crippen molar-refractivity contribution >= 4 is 35.7 Å². The molecule has 0 unspecified atom stereocenters. The molecule has 4 aromatic rings. The van der Waals surface area contributed by atoms with Crippen molar-refractivity contribution in [2.45, 2.75) is 18.9 Å². The highest BCUT2D eigenvalue weighted by Crippen LogP contribution is 2.30. The molecule has 0 radical (unpaired) electrons. The molecule has 3 heterocycles. The Morgan fingerprint density at radius 3 is 2.90 bits per heavy atom. The zero-order valence-corrected chi connectivity index (χ0v) is 16.0. The Hall–Kier alpha value is -3.52. The lowest BCUT2D eigenvalue weighted by Crippen LogP contribution is -2.22. The number of aromatic amines is 2.